The SMILES string of the molecule is CCCCCCCCCCC[C@H](CC1=C(O)C(=O)C=C(OC)C1=O)OC(C)=O. The van der Waals surface area contributed by atoms with Crippen molar-refractivity contribution in [3.63, 3.8) is 0 Å². The van der Waals surface area contributed by atoms with Crippen molar-refractivity contribution in [2.75, 3.05) is 7.11 Å². The second-order valence-corrected chi connectivity index (χ2v) is 7.29. The molecule has 158 valence electrons. The third-order valence-corrected chi connectivity index (χ3v) is 4.89. The maximum atomic E-state index is 12.4. The summed E-state index contributed by atoms with van der Waals surface area (Å²) < 4.78 is 10.2. The number of aliphatic hydroxyl groups excluding tert-OH is 1. The van der Waals surface area contributed by atoms with Crippen molar-refractivity contribution in [2.24, 2.45) is 0 Å². The third kappa shape index (κ3) is 8.28. The summed E-state index contributed by atoms with van der Waals surface area (Å²) in [5.41, 5.74) is -0.0495. The van der Waals surface area contributed by atoms with Crippen LogP contribution < -0.4 is 0 Å². The molecule has 6 heteroatoms. The second kappa shape index (κ2) is 13.1. The second-order valence-electron chi connectivity index (χ2n) is 7.29. The molecule has 0 spiro atoms. The Hall–Kier alpha value is -2.11. The van der Waals surface area contributed by atoms with Crippen molar-refractivity contribution in [1.82, 2.24) is 0 Å². The molecule has 0 aromatic carbocycles. The maximum absolute atomic E-state index is 12.4. The van der Waals surface area contributed by atoms with Gasteiger partial charge < -0.3 is 14.6 Å². The van der Waals surface area contributed by atoms with E-state index in [2.05, 4.69) is 6.92 Å². The van der Waals surface area contributed by atoms with Crippen LogP contribution in [0.4, 0.5) is 0 Å². The quantitative estimate of drug-likeness (QED) is 0.260. The Balaban J connectivity index is 2.50. The van der Waals surface area contributed by atoms with Gasteiger partial charge in [0.15, 0.2) is 11.5 Å². The number of methoxy groups -OCH3 is 1. The molecule has 1 atom stereocenters. The van der Waals surface area contributed by atoms with Gasteiger partial charge in [0.2, 0.25) is 11.6 Å². The smallest absolute Gasteiger partial charge is 0.302 e. The molecule has 0 aliphatic heterocycles. The fourth-order valence-corrected chi connectivity index (χ4v) is 3.35. The number of aliphatic hydroxyl groups is 1. The van der Waals surface area contributed by atoms with Crippen LogP contribution in [0, 0.1) is 0 Å². The molecule has 0 bridgehead atoms. The first-order chi connectivity index (χ1) is 13.4. The minimum Gasteiger partial charge on any atom is -0.504 e. The minimum atomic E-state index is -0.670. The molecule has 1 aliphatic carbocycles. The Morgan fingerprint density at radius 3 is 2.14 bits per heavy atom. The molecule has 0 aromatic rings. The van der Waals surface area contributed by atoms with Crippen LogP contribution in [0.1, 0.15) is 84.5 Å². The van der Waals surface area contributed by atoms with Gasteiger partial charge in [-0.2, -0.15) is 0 Å². The number of hydrogen-bond acceptors (Lipinski definition) is 6. The van der Waals surface area contributed by atoms with E-state index in [1.165, 1.54) is 52.6 Å². The molecule has 1 rings (SSSR count). The van der Waals surface area contributed by atoms with E-state index in [1.54, 1.807) is 0 Å². The molecule has 0 amide bonds. The monoisotopic (exact) mass is 394 g/mol. The van der Waals surface area contributed by atoms with Crippen molar-refractivity contribution < 1.29 is 29.0 Å². The highest BCUT2D eigenvalue weighted by Crippen LogP contribution is 2.25. The Morgan fingerprint density at radius 1 is 1.04 bits per heavy atom. The molecule has 0 fully saturated rings. The molecule has 0 radical (unpaired) electrons. The summed E-state index contributed by atoms with van der Waals surface area (Å²) in [6.07, 6.45) is 11.6. The van der Waals surface area contributed by atoms with Crippen LogP contribution >= 0.6 is 0 Å². The number of hydrogen-bond donors (Lipinski definition) is 1. The highest BCUT2D eigenvalue weighted by molar-refractivity contribution is 6.20. The molecule has 0 saturated carbocycles. The molecular formula is C22H34O6. The summed E-state index contributed by atoms with van der Waals surface area (Å²) in [6.45, 7) is 3.52. The molecule has 0 unspecified atom stereocenters. The van der Waals surface area contributed by atoms with Crippen LogP contribution in [0.15, 0.2) is 23.2 Å². The number of ether oxygens (including phenoxy) is 2. The summed E-state index contributed by atoms with van der Waals surface area (Å²) in [5.74, 6) is -2.35. The zero-order valence-electron chi connectivity index (χ0n) is 17.4. The minimum absolute atomic E-state index is 0.00764. The van der Waals surface area contributed by atoms with Gasteiger partial charge in [0.25, 0.3) is 0 Å². The van der Waals surface area contributed by atoms with Crippen LogP contribution in [0.5, 0.6) is 0 Å². The number of carbonyl (C=O) groups is 3. The summed E-state index contributed by atoms with van der Waals surface area (Å²) in [4.78, 5) is 35.6. The zero-order valence-corrected chi connectivity index (χ0v) is 17.4. The highest BCUT2D eigenvalue weighted by atomic mass is 16.5. The van der Waals surface area contributed by atoms with E-state index in [0.717, 1.165) is 25.3 Å². The van der Waals surface area contributed by atoms with Crippen LogP contribution in [-0.2, 0) is 23.9 Å². The summed E-state index contributed by atoms with van der Waals surface area (Å²) >= 11 is 0. The third-order valence-electron chi connectivity index (χ3n) is 4.89. The van der Waals surface area contributed by atoms with Crippen LogP contribution in [-0.4, -0.2) is 35.9 Å². The molecule has 0 heterocycles. The first kappa shape index (κ1) is 23.9. The van der Waals surface area contributed by atoms with Gasteiger partial charge in [-0.15, -0.1) is 0 Å². The summed E-state index contributed by atoms with van der Waals surface area (Å²) in [6, 6.07) is 0. The zero-order chi connectivity index (χ0) is 20.9. The van der Waals surface area contributed by atoms with Crippen molar-refractivity contribution in [1.29, 1.82) is 0 Å². The van der Waals surface area contributed by atoms with E-state index in [1.807, 2.05) is 0 Å². The Kier molecular flexibility index (Phi) is 11.2. The van der Waals surface area contributed by atoms with Gasteiger partial charge in [-0.1, -0.05) is 58.3 Å². The molecule has 6 nitrogen and oxygen atoms in total. The van der Waals surface area contributed by atoms with Crippen LogP contribution in [0.25, 0.3) is 0 Å². The van der Waals surface area contributed by atoms with E-state index in [-0.39, 0.29) is 17.8 Å². The lowest BCUT2D eigenvalue weighted by molar-refractivity contribution is -0.146. The topological polar surface area (TPSA) is 89.9 Å². The van der Waals surface area contributed by atoms with Crippen molar-refractivity contribution in [3.05, 3.63) is 23.2 Å². The normalized spacial score (nSPS) is 15.5. The van der Waals surface area contributed by atoms with Gasteiger partial charge in [0.1, 0.15) is 6.10 Å². The predicted octanol–water partition coefficient (Wildman–Crippen LogP) is 4.72. The number of carbonyl (C=O) groups excluding carboxylic acids is 3. The predicted molar refractivity (Wildman–Crippen MR) is 107 cm³/mol. The molecule has 1 N–H and O–H groups in total. The number of rotatable bonds is 14. The van der Waals surface area contributed by atoms with Gasteiger partial charge in [-0.25, -0.2) is 0 Å². The number of Topliss-reactive ketones (excluding diaryl/α,β-unsaturated/α-hetero) is 1. The van der Waals surface area contributed by atoms with Crippen LogP contribution in [0.2, 0.25) is 0 Å². The van der Waals surface area contributed by atoms with Gasteiger partial charge >= 0.3 is 5.97 Å². The Labute approximate surface area is 168 Å². The fourth-order valence-electron chi connectivity index (χ4n) is 3.35. The molecular weight excluding hydrogens is 360 g/mol. The largest absolute Gasteiger partial charge is 0.504 e. The standard InChI is InChI=1S/C22H34O6/c1-4-5-6-7-8-9-10-11-12-13-17(28-16(2)23)14-18-21(25)19(24)15-20(27-3)22(18)26/h15,17,25H,4-14H2,1-3H3/t17-/m1/s1. The van der Waals surface area contributed by atoms with E-state index < -0.39 is 29.4 Å². The number of unbranched alkanes of at least 4 members (excludes halogenated alkanes) is 8. The van der Waals surface area contributed by atoms with E-state index in [0.29, 0.717) is 6.42 Å². The Morgan fingerprint density at radius 2 is 1.61 bits per heavy atom. The first-order valence-electron chi connectivity index (χ1n) is 10.3. The van der Waals surface area contributed by atoms with Gasteiger partial charge in [0, 0.05) is 19.4 Å². The number of esters is 1. The van der Waals surface area contributed by atoms with E-state index in [9.17, 15) is 19.5 Å². The van der Waals surface area contributed by atoms with E-state index in [4.69, 9.17) is 9.47 Å². The average molecular weight is 395 g/mol. The lowest BCUT2D eigenvalue weighted by Gasteiger charge is -2.21. The summed E-state index contributed by atoms with van der Waals surface area (Å²) in [7, 11) is 1.29. The van der Waals surface area contributed by atoms with Crippen molar-refractivity contribution in [3.8, 4) is 0 Å². The highest BCUT2D eigenvalue weighted by Gasteiger charge is 2.31. The lowest BCUT2D eigenvalue weighted by atomic mass is 9.93. The Bertz CT molecular complexity index is 602. The maximum Gasteiger partial charge on any atom is 0.302 e. The first-order valence-corrected chi connectivity index (χ1v) is 10.3. The number of ketones is 2. The van der Waals surface area contributed by atoms with Gasteiger partial charge in [0.05, 0.1) is 12.7 Å². The lowest BCUT2D eigenvalue weighted by Crippen LogP contribution is -2.25. The average Bonchev–Trinajstić information content (AvgIpc) is 2.66. The summed E-state index contributed by atoms with van der Waals surface area (Å²) in [5, 5.41) is 10.0. The molecule has 0 aromatic heterocycles. The van der Waals surface area contributed by atoms with Crippen molar-refractivity contribution in [2.45, 2.75) is 90.6 Å². The van der Waals surface area contributed by atoms with E-state index >= 15 is 0 Å². The van der Waals surface area contributed by atoms with Crippen molar-refractivity contribution >= 4 is 17.5 Å². The van der Waals surface area contributed by atoms with Crippen LogP contribution in [0.3, 0.4) is 0 Å². The fraction of sp³-hybridized carbons (Fsp3) is 0.682. The molecule has 1 aliphatic rings. The molecule has 0 saturated heterocycles. The van der Waals surface area contributed by atoms with Gasteiger partial charge in [-0.3, -0.25) is 14.4 Å². The molecule has 28 heavy (non-hydrogen) atoms. The number of allylic oxidation sites excluding steroid dienone is 2. The van der Waals surface area contributed by atoms with Gasteiger partial charge in [-0.05, 0) is 12.8 Å².